The van der Waals surface area contributed by atoms with E-state index in [2.05, 4.69) is 17.0 Å². The van der Waals surface area contributed by atoms with Crippen molar-refractivity contribution in [3.8, 4) is 5.75 Å². The van der Waals surface area contributed by atoms with E-state index in [1.54, 1.807) is 30.3 Å². The summed E-state index contributed by atoms with van der Waals surface area (Å²) in [5.74, 6) is -0.566. The van der Waals surface area contributed by atoms with Gasteiger partial charge >= 0.3 is 0 Å². The van der Waals surface area contributed by atoms with Gasteiger partial charge in [0.05, 0.1) is 0 Å². The first-order valence-corrected chi connectivity index (χ1v) is 9.14. The fraction of sp³-hybridized carbons (Fsp3) is 0.174. The number of para-hydroxylation sites is 1. The molecule has 3 rings (SSSR count). The van der Waals surface area contributed by atoms with E-state index in [9.17, 15) is 9.18 Å². The van der Waals surface area contributed by atoms with Crippen LogP contribution in [0.3, 0.4) is 0 Å². The zero-order valence-corrected chi connectivity index (χ0v) is 15.6. The summed E-state index contributed by atoms with van der Waals surface area (Å²) in [5.41, 5.74) is 8.02. The van der Waals surface area contributed by atoms with Crippen molar-refractivity contribution in [2.75, 3.05) is 13.2 Å². The zero-order valence-electron chi connectivity index (χ0n) is 15.6. The second kappa shape index (κ2) is 9.67. The molecular weight excluding hydrogens is 355 g/mol. The number of nitrogens with zero attached hydrogens (tertiary/aromatic N) is 1. The lowest BCUT2D eigenvalue weighted by atomic mass is 10.1. The lowest BCUT2D eigenvalue weighted by molar-refractivity contribution is 0.1000. The number of carbonyl (C=O) groups excluding carboxylic acids is 1. The summed E-state index contributed by atoms with van der Waals surface area (Å²) < 4.78 is 19.4. The normalized spacial score (nSPS) is 10.8. The van der Waals surface area contributed by atoms with Crippen molar-refractivity contribution in [2.45, 2.75) is 13.1 Å². The number of halogens is 1. The van der Waals surface area contributed by atoms with Gasteiger partial charge in [-0.2, -0.15) is 0 Å². The zero-order chi connectivity index (χ0) is 19.8. The van der Waals surface area contributed by atoms with Gasteiger partial charge in [-0.05, 0) is 35.4 Å². The van der Waals surface area contributed by atoms with Crippen LogP contribution in [0.25, 0.3) is 0 Å². The maximum atomic E-state index is 13.7. The van der Waals surface area contributed by atoms with Gasteiger partial charge in [-0.3, -0.25) is 9.69 Å². The Morgan fingerprint density at radius 2 is 1.57 bits per heavy atom. The number of carbonyl (C=O) groups is 1. The van der Waals surface area contributed by atoms with E-state index >= 15 is 0 Å². The highest BCUT2D eigenvalue weighted by Gasteiger charge is 2.10. The highest BCUT2D eigenvalue weighted by atomic mass is 19.1. The molecule has 144 valence electrons. The van der Waals surface area contributed by atoms with E-state index in [1.165, 1.54) is 11.6 Å². The van der Waals surface area contributed by atoms with Crippen LogP contribution in [0.15, 0.2) is 78.9 Å². The van der Waals surface area contributed by atoms with Crippen molar-refractivity contribution in [3.05, 3.63) is 101 Å². The molecule has 0 saturated heterocycles. The first-order chi connectivity index (χ1) is 13.6. The number of primary amides is 1. The molecule has 2 N–H and O–H groups in total. The van der Waals surface area contributed by atoms with E-state index in [-0.39, 0.29) is 11.6 Å². The Balaban J connectivity index is 1.68. The summed E-state index contributed by atoms with van der Waals surface area (Å²) >= 11 is 0. The lowest BCUT2D eigenvalue weighted by Crippen LogP contribution is -2.28. The molecule has 28 heavy (non-hydrogen) atoms. The SMILES string of the molecule is NC(=O)c1cccc(CN(CCOc2ccccc2F)Cc2ccccc2)c1. The van der Waals surface area contributed by atoms with Crippen LogP contribution in [0, 0.1) is 5.82 Å². The molecule has 0 fully saturated rings. The second-order valence-corrected chi connectivity index (χ2v) is 6.54. The molecule has 0 bridgehead atoms. The number of rotatable bonds is 9. The summed E-state index contributed by atoms with van der Waals surface area (Å²) in [5, 5.41) is 0. The van der Waals surface area contributed by atoms with Gasteiger partial charge in [-0.15, -0.1) is 0 Å². The minimum Gasteiger partial charge on any atom is -0.489 e. The number of hydrogen-bond acceptors (Lipinski definition) is 3. The Labute approximate surface area is 164 Å². The predicted octanol–water partition coefficient (Wildman–Crippen LogP) is 4.01. The van der Waals surface area contributed by atoms with Gasteiger partial charge in [0.15, 0.2) is 11.6 Å². The average Bonchev–Trinajstić information content (AvgIpc) is 2.70. The lowest BCUT2D eigenvalue weighted by Gasteiger charge is -2.23. The number of amides is 1. The molecule has 3 aromatic carbocycles. The summed E-state index contributed by atoms with van der Waals surface area (Å²) in [4.78, 5) is 13.6. The van der Waals surface area contributed by atoms with Gasteiger partial charge in [-0.1, -0.05) is 54.6 Å². The van der Waals surface area contributed by atoms with Crippen molar-refractivity contribution in [2.24, 2.45) is 5.73 Å². The van der Waals surface area contributed by atoms with E-state index in [0.29, 0.717) is 31.8 Å². The van der Waals surface area contributed by atoms with Gasteiger partial charge in [0.25, 0.3) is 0 Å². The summed E-state index contributed by atoms with van der Waals surface area (Å²) in [7, 11) is 0. The Hall–Kier alpha value is -3.18. The van der Waals surface area contributed by atoms with E-state index in [4.69, 9.17) is 10.5 Å². The second-order valence-electron chi connectivity index (χ2n) is 6.54. The number of benzene rings is 3. The van der Waals surface area contributed by atoms with Crippen molar-refractivity contribution in [1.82, 2.24) is 4.90 Å². The average molecular weight is 378 g/mol. The standard InChI is InChI=1S/C23H23FN2O2/c24-21-11-4-5-12-22(21)28-14-13-26(16-18-7-2-1-3-8-18)17-19-9-6-10-20(15-19)23(25)27/h1-12,15H,13-14,16-17H2,(H2,25,27). The summed E-state index contributed by atoms with van der Waals surface area (Å²) in [6.45, 7) is 2.28. The maximum absolute atomic E-state index is 13.7. The van der Waals surface area contributed by atoms with E-state index in [1.807, 2.05) is 30.3 Å². The van der Waals surface area contributed by atoms with E-state index < -0.39 is 5.91 Å². The molecule has 0 atom stereocenters. The predicted molar refractivity (Wildman–Crippen MR) is 107 cm³/mol. The molecule has 0 saturated carbocycles. The quantitative estimate of drug-likeness (QED) is 0.612. The Morgan fingerprint density at radius 3 is 2.32 bits per heavy atom. The van der Waals surface area contributed by atoms with E-state index in [0.717, 1.165) is 5.56 Å². The Kier molecular flexibility index (Phi) is 6.76. The monoisotopic (exact) mass is 378 g/mol. The molecular formula is C23H23FN2O2. The van der Waals surface area contributed by atoms with Gasteiger partial charge in [0, 0.05) is 25.2 Å². The van der Waals surface area contributed by atoms with Crippen LogP contribution < -0.4 is 10.5 Å². The van der Waals surface area contributed by atoms with Gasteiger partial charge < -0.3 is 10.5 Å². The highest BCUT2D eigenvalue weighted by molar-refractivity contribution is 5.92. The molecule has 1 amide bonds. The minimum atomic E-state index is -0.445. The number of hydrogen-bond donors (Lipinski definition) is 1. The summed E-state index contributed by atoms with van der Waals surface area (Å²) in [6.07, 6.45) is 0. The molecule has 0 aromatic heterocycles. The van der Waals surface area contributed by atoms with Crippen LogP contribution in [-0.2, 0) is 13.1 Å². The van der Waals surface area contributed by atoms with Crippen LogP contribution in [-0.4, -0.2) is 24.0 Å². The van der Waals surface area contributed by atoms with Crippen molar-refractivity contribution < 1.29 is 13.9 Å². The molecule has 0 aliphatic heterocycles. The van der Waals surface area contributed by atoms with Gasteiger partial charge in [0.1, 0.15) is 6.61 Å². The molecule has 0 heterocycles. The third kappa shape index (κ3) is 5.66. The molecule has 0 aliphatic rings. The molecule has 4 nitrogen and oxygen atoms in total. The van der Waals surface area contributed by atoms with Crippen LogP contribution in [0.1, 0.15) is 21.5 Å². The molecule has 0 aliphatic carbocycles. The number of nitrogens with two attached hydrogens (primary N) is 1. The van der Waals surface area contributed by atoms with Crippen molar-refractivity contribution in [3.63, 3.8) is 0 Å². The number of ether oxygens (including phenoxy) is 1. The maximum Gasteiger partial charge on any atom is 0.248 e. The first-order valence-electron chi connectivity index (χ1n) is 9.14. The van der Waals surface area contributed by atoms with Gasteiger partial charge in [-0.25, -0.2) is 4.39 Å². The van der Waals surface area contributed by atoms with Crippen molar-refractivity contribution >= 4 is 5.91 Å². The molecule has 0 unspecified atom stereocenters. The fourth-order valence-corrected chi connectivity index (χ4v) is 2.98. The smallest absolute Gasteiger partial charge is 0.248 e. The minimum absolute atomic E-state index is 0.248. The summed E-state index contributed by atoms with van der Waals surface area (Å²) in [6, 6.07) is 23.8. The van der Waals surface area contributed by atoms with Crippen LogP contribution in [0.2, 0.25) is 0 Å². The Bertz CT molecular complexity index is 915. The fourth-order valence-electron chi connectivity index (χ4n) is 2.98. The Morgan fingerprint density at radius 1 is 0.893 bits per heavy atom. The highest BCUT2D eigenvalue weighted by Crippen LogP contribution is 2.16. The van der Waals surface area contributed by atoms with Crippen LogP contribution in [0.4, 0.5) is 4.39 Å². The van der Waals surface area contributed by atoms with Gasteiger partial charge in [0.2, 0.25) is 5.91 Å². The molecule has 5 heteroatoms. The molecule has 0 spiro atoms. The topological polar surface area (TPSA) is 55.6 Å². The van der Waals surface area contributed by atoms with Crippen LogP contribution >= 0.6 is 0 Å². The first kappa shape index (κ1) is 19.6. The molecule has 3 aromatic rings. The molecule has 0 radical (unpaired) electrons. The third-order valence-electron chi connectivity index (χ3n) is 4.37. The third-order valence-corrected chi connectivity index (χ3v) is 4.37. The van der Waals surface area contributed by atoms with Crippen molar-refractivity contribution in [1.29, 1.82) is 0 Å². The largest absolute Gasteiger partial charge is 0.489 e. The van der Waals surface area contributed by atoms with Crippen LogP contribution in [0.5, 0.6) is 5.75 Å².